The monoisotopic (exact) mass is 366 g/mol. The number of aliphatic hydroxyl groups excluding tert-OH is 1. The second kappa shape index (κ2) is 9.73. The van der Waals surface area contributed by atoms with E-state index in [1.54, 1.807) is 45.0 Å². The first-order chi connectivity index (χ1) is 12.2. The summed E-state index contributed by atoms with van der Waals surface area (Å²) in [5.74, 6) is 3.62. The Bertz CT molecular complexity index is 615. The van der Waals surface area contributed by atoms with E-state index in [9.17, 15) is 19.5 Å². The average molecular weight is 366 g/mol. The summed E-state index contributed by atoms with van der Waals surface area (Å²) in [6.45, 7) is 4.46. The van der Waals surface area contributed by atoms with E-state index < -0.39 is 42.2 Å². The number of rotatable bonds is 7. The van der Waals surface area contributed by atoms with E-state index in [0.29, 0.717) is 0 Å². The number of alkyl carbamates (subject to hydrolysis) is 1. The SMILES string of the molecule is CC(C)(C)OC(=O)N[C@@H](Cc1ccccc1)C(=O)N[C@H](CO)C(=O)NN. The summed E-state index contributed by atoms with van der Waals surface area (Å²) in [5.41, 5.74) is 1.92. The molecule has 9 heteroatoms. The van der Waals surface area contributed by atoms with Gasteiger partial charge in [-0.05, 0) is 26.3 Å². The normalized spacial score (nSPS) is 13.3. The molecule has 0 bridgehead atoms. The highest BCUT2D eigenvalue weighted by Crippen LogP contribution is 2.09. The van der Waals surface area contributed by atoms with Gasteiger partial charge in [0.1, 0.15) is 17.7 Å². The first-order valence-corrected chi connectivity index (χ1v) is 8.11. The number of hydrogen-bond donors (Lipinski definition) is 5. The molecule has 1 aromatic carbocycles. The fourth-order valence-corrected chi connectivity index (χ4v) is 2.08. The molecule has 0 saturated carbocycles. The van der Waals surface area contributed by atoms with E-state index in [4.69, 9.17) is 10.6 Å². The largest absolute Gasteiger partial charge is 0.444 e. The minimum atomic E-state index is -1.23. The standard InChI is InChI=1S/C17H26N4O5/c1-17(2,3)26-16(25)20-12(9-11-7-5-4-6-8-11)14(23)19-13(10-22)15(24)21-18/h4-8,12-13,22H,9-10,18H2,1-3H3,(H,19,23)(H,20,25)(H,21,24)/t12-,13+/m0/s1. The first kappa shape index (κ1) is 21.4. The molecule has 2 atom stereocenters. The fraction of sp³-hybridized carbons (Fsp3) is 0.471. The number of benzene rings is 1. The molecule has 0 fully saturated rings. The molecule has 3 amide bonds. The summed E-state index contributed by atoms with van der Waals surface area (Å²) >= 11 is 0. The summed E-state index contributed by atoms with van der Waals surface area (Å²) in [5, 5.41) is 14.1. The number of hydrazine groups is 1. The average Bonchev–Trinajstić information content (AvgIpc) is 2.57. The molecule has 1 rings (SSSR count). The number of amides is 3. The fourth-order valence-electron chi connectivity index (χ4n) is 2.08. The second-order valence-electron chi connectivity index (χ2n) is 6.64. The minimum absolute atomic E-state index is 0.175. The number of aliphatic hydroxyl groups is 1. The number of carbonyl (C=O) groups excluding carboxylic acids is 3. The Morgan fingerprint density at radius 2 is 1.69 bits per heavy atom. The molecule has 0 aromatic heterocycles. The van der Waals surface area contributed by atoms with Crippen LogP contribution in [0.5, 0.6) is 0 Å². The lowest BCUT2D eigenvalue weighted by atomic mass is 10.0. The van der Waals surface area contributed by atoms with Crippen LogP contribution in [0, 0.1) is 0 Å². The zero-order chi connectivity index (χ0) is 19.7. The minimum Gasteiger partial charge on any atom is -0.444 e. The lowest BCUT2D eigenvalue weighted by Crippen LogP contribution is -2.56. The van der Waals surface area contributed by atoms with Crippen LogP contribution in [0.25, 0.3) is 0 Å². The summed E-state index contributed by atoms with van der Waals surface area (Å²) in [6.07, 6.45) is -0.591. The van der Waals surface area contributed by atoms with Crippen LogP contribution in [0.2, 0.25) is 0 Å². The van der Waals surface area contributed by atoms with Crippen LogP contribution < -0.4 is 21.9 Å². The Kier molecular flexibility index (Phi) is 8.01. The van der Waals surface area contributed by atoms with E-state index in [1.165, 1.54) is 0 Å². The zero-order valence-electron chi connectivity index (χ0n) is 15.1. The van der Waals surface area contributed by atoms with Crippen molar-refractivity contribution in [3.63, 3.8) is 0 Å². The van der Waals surface area contributed by atoms with E-state index >= 15 is 0 Å². The van der Waals surface area contributed by atoms with Gasteiger partial charge in [-0.25, -0.2) is 10.6 Å². The molecular formula is C17H26N4O5. The van der Waals surface area contributed by atoms with E-state index in [1.807, 2.05) is 11.5 Å². The molecule has 6 N–H and O–H groups in total. The molecule has 0 radical (unpaired) electrons. The van der Waals surface area contributed by atoms with Crippen molar-refractivity contribution >= 4 is 17.9 Å². The van der Waals surface area contributed by atoms with Crippen molar-refractivity contribution in [2.75, 3.05) is 6.61 Å². The Hall–Kier alpha value is -2.65. The summed E-state index contributed by atoms with van der Waals surface area (Å²) in [4.78, 5) is 36.1. The van der Waals surface area contributed by atoms with Gasteiger partial charge in [-0.3, -0.25) is 15.0 Å². The maximum absolute atomic E-state index is 12.5. The molecule has 0 spiro atoms. The molecule has 0 aliphatic rings. The molecule has 0 saturated heterocycles. The van der Waals surface area contributed by atoms with Gasteiger partial charge in [-0.1, -0.05) is 30.3 Å². The lowest BCUT2D eigenvalue weighted by Gasteiger charge is -2.24. The van der Waals surface area contributed by atoms with Crippen LogP contribution in [0.1, 0.15) is 26.3 Å². The van der Waals surface area contributed by atoms with Crippen LogP contribution in [0.3, 0.4) is 0 Å². The number of hydrogen-bond acceptors (Lipinski definition) is 6. The van der Waals surface area contributed by atoms with Crippen LogP contribution in [0.4, 0.5) is 4.79 Å². The van der Waals surface area contributed by atoms with E-state index in [-0.39, 0.29) is 6.42 Å². The highest BCUT2D eigenvalue weighted by atomic mass is 16.6. The summed E-state index contributed by atoms with van der Waals surface area (Å²) < 4.78 is 5.18. The van der Waals surface area contributed by atoms with Gasteiger partial charge in [0, 0.05) is 6.42 Å². The molecule has 0 aliphatic carbocycles. The number of carbonyl (C=O) groups is 3. The Morgan fingerprint density at radius 1 is 1.08 bits per heavy atom. The van der Waals surface area contributed by atoms with Crippen molar-refractivity contribution < 1.29 is 24.2 Å². The highest BCUT2D eigenvalue weighted by molar-refractivity contribution is 5.91. The third-order valence-corrected chi connectivity index (χ3v) is 3.25. The summed E-state index contributed by atoms with van der Waals surface area (Å²) in [6, 6.07) is 6.79. The third kappa shape index (κ3) is 7.49. The topological polar surface area (TPSA) is 143 Å². The molecule has 0 unspecified atom stereocenters. The van der Waals surface area contributed by atoms with Gasteiger partial charge in [0.15, 0.2) is 0 Å². The van der Waals surface area contributed by atoms with Gasteiger partial charge in [0.2, 0.25) is 5.91 Å². The van der Waals surface area contributed by atoms with E-state index in [0.717, 1.165) is 5.56 Å². The maximum atomic E-state index is 12.5. The van der Waals surface area contributed by atoms with Gasteiger partial charge in [0.25, 0.3) is 5.91 Å². The first-order valence-electron chi connectivity index (χ1n) is 8.11. The van der Waals surface area contributed by atoms with Crippen molar-refractivity contribution in [1.82, 2.24) is 16.1 Å². The van der Waals surface area contributed by atoms with Crippen LogP contribution in [0.15, 0.2) is 30.3 Å². The molecule has 26 heavy (non-hydrogen) atoms. The summed E-state index contributed by atoms with van der Waals surface area (Å²) in [7, 11) is 0. The smallest absolute Gasteiger partial charge is 0.408 e. The van der Waals surface area contributed by atoms with Crippen molar-refractivity contribution in [3.05, 3.63) is 35.9 Å². The van der Waals surface area contributed by atoms with Crippen molar-refractivity contribution in [2.45, 2.75) is 44.9 Å². The van der Waals surface area contributed by atoms with Crippen LogP contribution >= 0.6 is 0 Å². The molecule has 0 aliphatic heterocycles. The zero-order valence-corrected chi connectivity index (χ0v) is 15.1. The van der Waals surface area contributed by atoms with Gasteiger partial charge in [-0.2, -0.15) is 0 Å². The van der Waals surface area contributed by atoms with E-state index in [2.05, 4.69) is 10.6 Å². The molecular weight excluding hydrogens is 340 g/mol. The third-order valence-electron chi connectivity index (χ3n) is 3.25. The molecule has 144 valence electrons. The van der Waals surface area contributed by atoms with Gasteiger partial charge >= 0.3 is 6.09 Å². The predicted octanol–water partition coefficient (Wildman–Crippen LogP) is -0.411. The van der Waals surface area contributed by atoms with Gasteiger partial charge in [0.05, 0.1) is 6.61 Å². The second-order valence-corrected chi connectivity index (χ2v) is 6.64. The van der Waals surface area contributed by atoms with Crippen molar-refractivity contribution in [3.8, 4) is 0 Å². The highest BCUT2D eigenvalue weighted by Gasteiger charge is 2.28. The lowest BCUT2D eigenvalue weighted by molar-refractivity contribution is -0.131. The Balaban J connectivity index is 2.89. The number of nitrogens with one attached hydrogen (secondary N) is 3. The van der Waals surface area contributed by atoms with Gasteiger partial charge < -0.3 is 20.5 Å². The quantitative estimate of drug-likeness (QED) is 0.252. The maximum Gasteiger partial charge on any atom is 0.408 e. The number of nitrogens with two attached hydrogens (primary N) is 1. The molecule has 1 aromatic rings. The van der Waals surface area contributed by atoms with Crippen LogP contribution in [-0.4, -0.2) is 47.3 Å². The molecule has 0 heterocycles. The predicted molar refractivity (Wildman–Crippen MR) is 94.7 cm³/mol. The van der Waals surface area contributed by atoms with Crippen molar-refractivity contribution in [2.24, 2.45) is 5.84 Å². The van der Waals surface area contributed by atoms with Crippen molar-refractivity contribution in [1.29, 1.82) is 0 Å². The van der Waals surface area contributed by atoms with Gasteiger partial charge in [-0.15, -0.1) is 0 Å². The Labute approximate surface area is 152 Å². The number of ether oxygens (including phenoxy) is 1. The Morgan fingerprint density at radius 3 is 2.19 bits per heavy atom. The van der Waals surface area contributed by atoms with Crippen LogP contribution in [-0.2, 0) is 20.7 Å². The molecule has 9 nitrogen and oxygen atoms in total.